The number of ether oxygens (including phenoxy) is 3. The van der Waals surface area contributed by atoms with Crippen LogP contribution in [0.25, 0.3) is 0 Å². The number of benzene rings is 2. The number of amides is 1. The number of hydrogen-bond donors (Lipinski definition) is 1. The Balaban J connectivity index is 2.24. The Morgan fingerprint density at radius 3 is 2.19 bits per heavy atom. The Kier molecular flexibility index (Phi) is 7.38. The first-order chi connectivity index (χ1) is 12.9. The van der Waals surface area contributed by atoms with Crippen molar-refractivity contribution >= 4 is 40.9 Å². The minimum Gasteiger partial charge on any atom is -0.493 e. The van der Waals surface area contributed by atoms with Gasteiger partial charge in [0.05, 0.1) is 37.8 Å². The van der Waals surface area contributed by atoms with Gasteiger partial charge in [-0.25, -0.2) is 4.79 Å². The molecule has 1 N–H and O–H groups in total. The smallest absolute Gasteiger partial charge is 0.340 e. The molecule has 0 aliphatic rings. The van der Waals surface area contributed by atoms with Crippen molar-refractivity contribution in [2.45, 2.75) is 17.1 Å². The SMILES string of the molecule is COC(=O)c1cc(OC)c(OC)cc1NC(=O)C(C)Sc1ccc(Cl)cc1. The van der Waals surface area contributed by atoms with Crippen LogP contribution in [0.15, 0.2) is 41.3 Å². The first-order valence-electron chi connectivity index (χ1n) is 7.97. The molecule has 0 heterocycles. The van der Waals surface area contributed by atoms with E-state index in [1.165, 1.54) is 45.2 Å². The quantitative estimate of drug-likeness (QED) is 0.544. The number of esters is 1. The topological polar surface area (TPSA) is 73.9 Å². The number of nitrogens with one attached hydrogen (secondary N) is 1. The minimum absolute atomic E-state index is 0.173. The molecule has 1 atom stereocenters. The molecule has 0 aliphatic heterocycles. The van der Waals surface area contributed by atoms with Crippen LogP contribution in [0.3, 0.4) is 0 Å². The molecule has 1 unspecified atom stereocenters. The van der Waals surface area contributed by atoms with Crippen LogP contribution in [0.2, 0.25) is 5.02 Å². The van der Waals surface area contributed by atoms with Crippen molar-refractivity contribution in [1.29, 1.82) is 0 Å². The summed E-state index contributed by atoms with van der Waals surface area (Å²) in [5, 5.41) is 2.98. The molecular formula is C19H20ClNO5S. The fourth-order valence-corrected chi connectivity index (χ4v) is 3.26. The van der Waals surface area contributed by atoms with Gasteiger partial charge in [-0.15, -0.1) is 11.8 Å². The summed E-state index contributed by atoms with van der Waals surface area (Å²) in [5.74, 6) is -0.116. The van der Waals surface area contributed by atoms with Gasteiger partial charge < -0.3 is 19.5 Å². The number of thioether (sulfide) groups is 1. The lowest BCUT2D eigenvalue weighted by Crippen LogP contribution is -2.24. The summed E-state index contributed by atoms with van der Waals surface area (Å²) in [4.78, 5) is 25.6. The molecular weight excluding hydrogens is 390 g/mol. The largest absolute Gasteiger partial charge is 0.493 e. The number of hydrogen-bond acceptors (Lipinski definition) is 6. The van der Waals surface area contributed by atoms with E-state index in [-0.39, 0.29) is 17.2 Å². The van der Waals surface area contributed by atoms with E-state index in [1.807, 2.05) is 12.1 Å². The predicted octanol–water partition coefficient (Wildman–Crippen LogP) is 4.26. The second-order valence-electron chi connectivity index (χ2n) is 5.45. The second-order valence-corrected chi connectivity index (χ2v) is 7.30. The number of methoxy groups -OCH3 is 3. The van der Waals surface area contributed by atoms with Gasteiger partial charge in [0.25, 0.3) is 0 Å². The number of anilines is 1. The van der Waals surface area contributed by atoms with Crippen LogP contribution >= 0.6 is 23.4 Å². The normalized spacial score (nSPS) is 11.4. The predicted molar refractivity (Wildman–Crippen MR) is 106 cm³/mol. The van der Waals surface area contributed by atoms with Gasteiger partial charge >= 0.3 is 5.97 Å². The Morgan fingerprint density at radius 2 is 1.63 bits per heavy atom. The van der Waals surface area contributed by atoms with Crippen LogP contribution in [0.5, 0.6) is 11.5 Å². The highest BCUT2D eigenvalue weighted by molar-refractivity contribution is 8.00. The molecule has 0 saturated carbocycles. The van der Waals surface area contributed by atoms with E-state index in [0.29, 0.717) is 16.5 Å². The fraction of sp³-hybridized carbons (Fsp3) is 0.263. The van der Waals surface area contributed by atoms with Crippen molar-refractivity contribution in [1.82, 2.24) is 0 Å². The zero-order chi connectivity index (χ0) is 20.0. The van der Waals surface area contributed by atoms with Crippen molar-refractivity contribution in [3.05, 3.63) is 47.0 Å². The molecule has 2 aromatic carbocycles. The molecule has 2 aromatic rings. The average molecular weight is 410 g/mol. The standard InChI is InChI=1S/C19H20ClNO5S/c1-11(27-13-7-5-12(20)6-8-13)18(22)21-15-10-17(25-3)16(24-2)9-14(15)19(23)26-4/h5-11H,1-4H3,(H,21,22). The van der Waals surface area contributed by atoms with Gasteiger partial charge in [0, 0.05) is 22.1 Å². The van der Waals surface area contributed by atoms with Crippen LogP contribution in [0.1, 0.15) is 17.3 Å². The monoisotopic (exact) mass is 409 g/mol. The highest BCUT2D eigenvalue weighted by Crippen LogP contribution is 2.34. The summed E-state index contributed by atoms with van der Waals surface area (Å²) in [6.45, 7) is 1.77. The Bertz CT molecular complexity index is 826. The van der Waals surface area contributed by atoms with Crippen LogP contribution < -0.4 is 14.8 Å². The van der Waals surface area contributed by atoms with Crippen molar-refractivity contribution in [2.24, 2.45) is 0 Å². The van der Waals surface area contributed by atoms with E-state index in [4.69, 9.17) is 25.8 Å². The molecule has 0 radical (unpaired) electrons. The number of carbonyl (C=O) groups excluding carboxylic acids is 2. The summed E-state index contributed by atoms with van der Waals surface area (Å²) >= 11 is 7.25. The van der Waals surface area contributed by atoms with Crippen LogP contribution in [0.4, 0.5) is 5.69 Å². The average Bonchev–Trinajstić information content (AvgIpc) is 2.68. The summed E-state index contributed by atoms with van der Waals surface area (Å²) in [6.07, 6.45) is 0. The molecule has 0 fully saturated rings. The van der Waals surface area contributed by atoms with Crippen molar-refractivity contribution in [3.63, 3.8) is 0 Å². The number of rotatable bonds is 7. The Morgan fingerprint density at radius 1 is 1.04 bits per heavy atom. The maximum atomic E-state index is 12.6. The van der Waals surface area contributed by atoms with Gasteiger partial charge in [0.15, 0.2) is 11.5 Å². The van der Waals surface area contributed by atoms with Crippen molar-refractivity contribution in [3.8, 4) is 11.5 Å². The molecule has 27 heavy (non-hydrogen) atoms. The summed E-state index contributed by atoms with van der Waals surface area (Å²) in [6, 6.07) is 10.2. The van der Waals surface area contributed by atoms with E-state index in [2.05, 4.69) is 5.32 Å². The molecule has 0 spiro atoms. The summed E-state index contributed by atoms with van der Waals surface area (Å²) < 4.78 is 15.2. The zero-order valence-corrected chi connectivity index (χ0v) is 16.9. The summed E-state index contributed by atoms with van der Waals surface area (Å²) in [7, 11) is 4.20. The third-order valence-corrected chi connectivity index (χ3v) is 5.05. The van der Waals surface area contributed by atoms with Crippen LogP contribution in [-0.4, -0.2) is 38.5 Å². The van der Waals surface area contributed by atoms with Gasteiger partial charge in [-0.3, -0.25) is 4.79 Å². The first-order valence-corrected chi connectivity index (χ1v) is 9.22. The lowest BCUT2D eigenvalue weighted by molar-refractivity contribution is -0.115. The molecule has 2 rings (SSSR count). The maximum Gasteiger partial charge on any atom is 0.340 e. The third kappa shape index (κ3) is 5.30. The van der Waals surface area contributed by atoms with Gasteiger partial charge in [-0.05, 0) is 31.2 Å². The minimum atomic E-state index is -0.593. The van der Waals surface area contributed by atoms with Gasteiger partial charge in [0.1, 0.15) is 0 Å². The van der Waals surface area contributed by atoms with E-state index < -0.39 is 11.2 Å². The van der Waals surface area contributed by atoms with Gasteiger partial charge in [0.2, 0.25) is 5.91 Å². The summed E-state index contributed by atoms with van der Waals surface area (Å²) in [5.41, 5.74) is 0.459. The van der Waals surface area contributed by atoms with E-state index in [9.17, 15) is 9.59 Å². The number of halogens is 1. The number of carbonyl (C=O) groups is 2. The fourth-order valence-electron chi connectivity index (χ4n) is 2.27. The van der Waals surface area contributed by atoms with E-state index >= 15 is 0 Å². The Labute approximate surface area is 167 Å². The highest BCUT2D eigenvalue weighted by Gasteiger charge is 2.21. The lowest BCUT2D eigenvalue weighted by Gasteiger charge is -2.16. The molecule has 0 aromatic heterocycles. The van der Waals surface area contributed by atoms with Crippen molar-refractivity contribution in [2.75, 3.05) is 26.6 Å². The molecule has 6 nitrogen and oxygen atoms in total. The Hall–Kier alpha value is -2.38. The van der Waals surface area contributed by atoms with Gasteiger partial charge in [-0.2, -0.15) is 0 Å². The molecule has 144 valence electrons. The molecule has 1 amide bonds. The molecule has 8 heteroatoms. The first kappa shape index (κ1) is 20.9. The van der Waals surface area contributed by atoms with Crippen molar-refractivity contribution < 1.29 is 23.8 Å². The second kappa shape index (κ2) is 9.53. The molecule has 0 bridgehead atoms. The van der Waals surface area contributed by atoms with Gasteiger partial charge in [-0.1, -0.05) is 11.6 Å². The maximum absolute atomic E-state index is 12.6. The van der Waals surface area contributed by atoms with Crippen LogP contribution in [0, 0.1) is 0 Å². The third-order valence-electron chi connectivity index (χ3n) is 3.68. The highest BCUT2D eigenvalue weighted by atomic mass is 35.5. The molecule has 0 saturated heterocycles. The molecule has 0 aliphatic carbocycles. The lowest BCUT2D eigenvalue weighted by atomic mass is 10.1. The van der Waals surface area contributed by atoms with Crippen LogP contribution in [-0.2, 0) is 9.53 Å². The van der Waals surface area contributed by atoms with E-state index in [0.717, 1.165) is 4.90 Å². The van der Waals surface area contributed by atoms with E-state index in [1.54, 1.807) is 19.1 Å². The zero-order valence-electron chi connectivity index (χ0n) is 15.4.